The van der Waals surface area contributed by atoms with Gasteiger partial charge in [-0.15, -0.1) is 0 Å². The van der Waals surface area contributed by atoms with Gasteiger partial charge in [0.15, 0.2) is 0 Å². The Hall–Kier alpha value is -1.46. The van der Waals surface area contributed by atoms with Gasteiger partial charge in [0, 0.05) is 29.8 Å². The summed E-state index contributed by atoms with van der Waals surface area (Å²) in [4.78, 5) is 11.2. The van der Waals surface area contributed by atoms with Crippen molar-refractivity contribution in [2.24, 2.45) is 0 Å². The van der Waals surface area contributed by atoms with Crippen molar-refractivity contribution in [2.75, 3.05) is 19.4 Å². The lowest BCUT2D eigenvalue weighted by Gasteiger charge is -2.16. The molecule has 0 aliphatic carbocycles. The number of halogens is 1. The highest BCUT2D eigenvalue weighted by atomic mass is 79.9. The SMILES string of the molecule is CNc1cc(C)nc(CN(C)Cc2ccc(Br)cc2)n1. The molecule has 2 aromatic rings. The molecule has 4 nitrogen and oxygen atoms in total. The minimum atomic E-state index is 0.729. The second-order valence-electron chi connectivity index (χ2n) is 4.86. The van der Waals surface area contributed by atoms with Gasteiger partial charge >= 0.3 is 0 Å². The molecule has 1 aromatic heterocycles. The van der Waals surface area contributed by atoms with E-state index in [1.165, 1.54) is 5.56 Å². The second kappa shape index (κ2) is 6.81. The normalized spacial score (nSPS) is 10.8. The Balaban J connectivity index is 2.02. The van der Waals surface area contributed by atoms with Crippen LogP contribution in [0.2, 0.25) is 0 Å². The average molecular weight is 335 g/mol. The molecule has 1 heterocycles. The number of hydrogen-bond donors (Lipinski definition) is 1. The molecule has 1 aromatic carbocycles. The summed E-state index contributed by atoms with van der Waals surface area (Å²) in [6, 6.07) is 10.3. The Morgan fingerprint density at radius 2 is 1.85 bits per heavy atom. The first-order valence-corrected chi connectivity index (χ1v) is 7.31. The largest absolute Gasteiger partial charge is 0.373 e. The van der Waals surface area contributed by atoms with Crippen molar-refractivity contribution in [1.29, 1.82) is 0 Å². The Morgan fingerprint density at radius 3 is 2.50 bits per heavy atom. The third-order valence-electron chi connectivity index (χ3n) is 2.93. The molecule has 1 N–H and O–H groups in total. The zero-order chi connectivity index (χ0) is 14.5. The van der Waals surface area contributed by atoms with Crippen molar-refractivity contribution in [3.8, 4) is 0 Å². The fraction of sp³-hybridized carbons (Fsp3) is 0.333. The van der Waals surface area contributed by atoms with E-state index >= 15 is 0 Å². The van der Waals surface area contributed by atoms with Crippen LogP contribution in [-0.4, -0.2) is 29.0 Å². The average Bonchev–Trinajstić information content (AvgIpc) is 2.40. The molecular formula is C15H19BrN4. The van der Waals surface area contributed by atoms with Gasteiger partial charge in [0.1, 0.15) is 11.6 Å². The highest BCUT2D eigenvalue weighted by molar-refractivity contribution is 9.10. The summed E-state index contributed by atoms with van der Waals surface area (Å²) in [6.45, 7) is 3.59. The number of anilines is 1. The van der Waals surface area contributed by atoms with E-state index in [2.05, 4.69) is 67.4 Å². The van der Waals surface area contributed by atoms with E-state index in [0.29, 0.717) is 0 Å². The van der Waals surface area contributed by atoms with Crippen LogP contribution >= 0.6 is 15.9 Å². The first-order valence-electron chi connectivity index (χ1n) is 6.52. The molecule has 20 heavy (non-hydrogen) atoms. The van der Waals surface area contributed by atoms with Crippen molar-refractivity contribution in [2.45, 2.75) is 20.0 Å². The van der Waals surface area contributed by atoms with Crippen LogP contribution in [0.25, 0.3) is 0 Å². The number of aryl methyl sites for hydroxylation is 1. The molecule has 5 heteroatoms. The summed E-state index contributed by atoms with van der Waals surface area (Å²) in [5, 5.41) is 3.06. The molecule has 0 amide bonds. The Kier molecular flexibility index (Phi) is 5.09. The van der Waals surface area contributed by atoms with Gasteiger partial charge in [0.05, 0.1) is 6.54 Å². The van der Waals surface area contributed by atoms with Crippen molar-refractivity contribution >= 4 is 21.7 Å². The molecule has 0 saturated heterocycles. The first-order chi connectivity index (χ1) is 9.56. The summed E-state index contributed by atoms with van der Waals surface area (Å²) in [5.74, 6) is 1.71. The highest BCUT2D eigenvalue weighted by Crippen LogP contribution is 2.13. The highest BCUT2D eigenvalue weighted by Gasteiger charge is 2.06. The summed E-state index contributed by atoms with van der Waals surface area (Å²) >= 11 is 3.45. The Morgan fingerprint density at radius 1 is 1.15 bits per heavy atom. The molecule has 2 rings (SSSR count). The van der Waals surface area contributed by atoms with E-state index in [1.807, 2.05) is 20.0 Å². The molecule has 0 fully saturated rings. The van der Waals surface area contributed by atoms with E-state index in [9.17, 15) is 0 Å². The number of benzene rings is 1. The van der Waals surface area contributed by atoms with Gasteiger partial charge in [-0.1, -0.05) is 28.1 Å². The minimum absolute atomic E-state index is 0.729. The van der Waals surface area contributed by atoms with Crippen LogP contribution in [-0.2, 0) is 13.1 Å². The van der Waals surface area contributed by atoms with Gasteiger partial charge < -0.3 is 5.32 Å². The first kappa shape index (κ1) is 14.9. The summed E-state index contributed by atoms with van der Waals surface area (Å²) in [6.07, 6.45) is 0. The molecule has 0 atom stereocenters. The quantitative estimate of drug-likeness (QED) is 0.911. The van der Waals surface area contributed by atoms with E-state index < -0.39 is 0 Å². The van der Waals surface area contributed by atoms with Crippen molar-refractivity contribution < 1.29 is 0 Å². The van der Waals surface area contributed by atoms with Crippen LogP contribution in [0, 0.1) is 6.92 Å². The van der Waals surface area contributed by atoms with Crippen LogP contribution in [0.5, 0.6) is 0 Å². The van der Waals surface area contributed by atoms with E-state index in [1.54, 1.807) is 0 Å². The lowest BCUT2D eigenvalue weighted by molar-refractivity contribution is 0.310. The number of aromatic nitrogens is 2. The molecule has 0 bridgehead atoms. The maximum Gasteiger partial charge on any atom is 0.144 e. The maximum absolute atomic E-state index is 4.48. The van der Waals surface area contributed by atoms with Crippen LogP contribution in [0.3, 0.4) is 0 Å². The topological polar surface area (TPSA) is 41.1 Å². The summed E-state index contributed by atoms with van der Waals surface area (Å²) in [5.41, 5.74) is 2.26. The third kappa shape index (κ3) is 4.28. The summed E-state index contributed by atoms with van der Waals surface area (Å²) < 4.78 is 1.10. The van der Waals surface area contributed by atoms with Crippen LogP contribution in [0.1, 0.15) is 17.1 Å². The van der Waals surface area contributed by atoms with Crippen molar-refractivity contribution in [1.82, 2.24) is 14.9 Å². The smallest absolute Gasteiger partial charge is 0.144 e. The van der Waals surface area contributed by atoms with Gasteiger partial charge in [-0.3, -0.25) is 4.90 Å². The van der Waals surface area contributed by atoms with Gasteiger partial charge in [0.25, 0.3) is 0 Å². The summed E-state index contributed by atoms with van der Waals surface area (Å²) in [7, 11) is 3.95. The molecule has 0 radical (unpaired) electrons. The van der Waals surface area contributed by atoms with Crippen LogP contribution < -0.4 is 5.32 Å². The third-order valence-corrected chi connectivity index (χ3v) is 3.46. The van der Waals surface area contributed by atoms with Crippen molar-refractivity contribution in [3.63, 3.8) is 0 Å². The Bertz CT molecular complexity index is 569. The van der Waals surface area contributed by atoms with Crippen molar-refractivity contribution in [3.05, 3.63) is 51.9 Å². The zero-order valence-electron chi connectivity index (χ0n) is 12.0. The van der Waals surface area contributed by atoms with Gasteiger partial charge in [-0.2, -0.15) is 0 Å². The fourth-order valence-corrected chi connectivity index (χ4v) is 2.29. The van der Waals surface area contributed by atoms with E-state index in [4.69, 9.17) is 0 Å². The monoisotopic (exact) mass is 334 g/mol. The van der Waals surface area contributed by atoms with Gasteiger partial charge in [0.2, 0.25) is 0 Å². The number of nitrogens with one attached hydrogen (secondary N) is 1. The molecule has 0 spiro atoms. The molecule has 0 aliphatic heterocycles. The molecule has 0 unspecified atom stereocenters. The molecule has 0 saturated carbocycles. The maximum atomic E-state index is 4.48. The van der Waals surface area contributed by atoms with E-state index in [0.717, 1.165) is 34.9 Å². The predicted octanol–water partition coefficient (Wildman–Crippen LogP) is 3.22. The lowest BCUT2D eigenvalue weighted by Crippen LogP contribution is -2.19. The lowest BCUT2D eigenvalue weighted by atomic mass is 10.2. The Labute approximate surface area is 128 Å². The van der Waals surface area contributed by atoms with Crippen LogP contribution in [0.15, 0.2) is 34.8 Å². The molecule has 0 aliphatic rings. The number of nitrogens with zero attached hydrogens (tertiary/aromatic N) is 3. The zero-order valence-corrected chi connectivity index (χ0v) is 13.6. The van der Waals surface area contributed by atoms with Crippen LogP contribution in [0.4, 0.5) is 5.82 Å². The van der Waals surface area contributed by atoms with E-state index in [-0.39, 0.29) is 0 Å². The fourth-order valence-electron chi connectivity index (χ4n) is 2.03. The standard InChI is InChI=1S/C15H19BrN4/c1-11-8-14(17-2)19-15(18-11)10-20(3)9-12-4-6-13(16)7-5-12/h4-8H,9-10H2,1-3H3,(H,17,18,19). The number of rotatable bonds is 5. The number of hydrogen-bond acceptors (Lipinski definition) is 4. The predicted molar refractivity (Wildman–Crippen MR) is 85.6 cm³/mol. The minimum Gasteiger partial charge on any atom is -0.373 e. The van der Waals surface area contributed by atoms with Gasteiger partial charge in [-0.25, -0.2) is 9.97 Å². The second-order valence-corrected chi connectivity index (χ2v) is 5.78. The molecular weight excluding hydrogens is 316 g/mol. The molecule has 106 valence electrons. The van der Waals surface area contributed by atoms with Gasteiger partial charge in [-0.05, 0) is 31.7 Å².